The maximum absolute atomic E-state index is 11.9. The largest absolute Gasteiger partial charge is 0.431 e. The van der Waals surface area contributed by atoms with Crippen LogP contribution in [0.3, 0.4) is 0 Å². The lowest BCUT2D eigenvalue weighted by molar-refractivity contribution is -0.141. The summed E-state index contributed by atoms with van der Waals surface area (Å²) in [6.07, 6.45) is -4.81. The van der Waals surface area contributed by atoms with Gasteiger partial charge in [0.1, 0.15) is 5.69 Å². The van der Waals surface area contributed by atoms with Gasteiger partial charge in [0.05, 0.1) is 0 Å². The number of halogens is 3. The number of aromatic nitrogens is 2. The zero-order chi connectivity index (χ0) is 10.2. The standard InChI is InChI=1S/C5H3F3N2O3/c6-5(7,8)2-1-3(11)10(13)4(12)9-2/h1,13H,(H,9,12). The average Bonchev–Trinajstić information content (AvgIpc) is 1.97. The zero-order valence-corrected chi connectivity index (χ0v) is 5.92. The maximum atomic E-state index is 11.9. The summed E-state index contributed by atoms with van der Waals surface area (Å²) in [6, 6.07) is 0.0847. The van der Waals surface area contributed by atoms with E-state index >= 15 is 0 Å². The highest BCUT2D eigenvalue weighted by molar-refractivity contribution is 5.02. The molecule has 0 aliphatic rings. The highest BCUT2D eigenvalue weighted by atomic mass is 19.4. The van der Waals surface area contributed by atoms with E-state index in [1.807, 2.05) is 0 Å². The van der Waals surface area contributed by atoms with Crippen LogP contribution < -0.4 is 11.2 Å². The molecule has 0 atom stereocenters. The second kappa shape index (κ2) is 2.64. The smallest absolute Gasteiger partial charge is 0.421 e. The SMILES string of the molecule is O=c1cc(C(F)(F)F)[nH]c(=O)n1O. The molecule has 1 heterocycles. The highest BCUT2D eigenvalue weighted by Crippen LogP contribution is 2.25. The first-order chi connectivity index (χ1) is 5.82. The second-order valence-electron chi connectivity index (χ2n) is 2.14. The van der Waals surface area contributed by atoms with Crippen molar-refractivity contribution in [2.75, 3.05) is 0 Å². The van der Waals surface area contributed by atoms with Crippen LogP contribution >= 0.6 is 0 Å². The van der Waals surface area contributed by atoms with E-state index in [2.05, 4.69) is 0 Å². The van der Waals surface area contributed by atoms with E-state index in [-0.39, 0.29) is 6.07 Å². The van der Waals surface area contributed by atoms with Crippen LogP contribution in [-0.4, -0.2) is 14.9 Å². The predicted molar refractivity (Wildman–Crippen MR) is 33.5 cm³/mol. The van der Waals surface area contributed by atoms with Gasteiger partial charge < -0.3 is 10.2 Å². The highest BCUT2D eigenvalue weighted by Gasteiger charge is 2.32. The van der Waals surface area contributed by atoms with Crippen molar-refractivity contribution in [3.05, 3.63) is 32.6 Å². The molecule has 0 amide bonds. The zero-order valence-electron chi connectivity index (χ0n) is 5.92. The summed E-state index contributed by atoms with van der Waals surface area (Å²) >= 11 is 0. The Morgan fingerprint density at radius 2 is 1.92 bits per heavy atom. The summed E-state index contributed by atoms with van der Waals surface area (Å²) in [5.74, 6) is 0. The molecule has 0 bridgehead atoms. The second-order valence-corrected chi connectivity index (χ2v) is 2.14. The molecule has 1 aromatic heterocycles. The number of nitrogens with one attached hydrogen (secondary N) is 1. The summed E-state index contributed by atoms with van der Waals surface area (Å²) in [5, 5.41) is 8.49. The lowest BCUT2D eigenvalue weighted by atomic mass is 10.4. The molecule has 0 aliphatic heterocycles. The van der Waals surface area contributed by atoms with Crippen molar-refractivity contribution in [2.45, 2.75) is 6.18 Å². The number of H-pyrrole nitrogens is 1. The summed E-state index contributed by atoms with van der Waals surface area (Å²) in [4.78, 5) is 22.3. The first-order valence-corrected chi connectivity index (χ1v) is 2.95. The third-order valence-electron chi connectivity index (χ3n) is 1.22. The Bertz CT molecular complexity index is 399. The van der Waals surface area contributed by atoms with E-state index in [0.29, 0.717) is 0 Å². The molecule has 1 aromatic rings. The molecule has 2 N–H and O–H groups in total. The van der Waals surface area contributed by atoms with Crippen LogP contribution in [0.15, 0.2) is 15.7 Å². The van der Waals surface area contributed by atoms with E-state index < -0.39 is 27.8 Å². The van der Waals surface area contributed by atoms with Crippen LogP contribution in [0.1, 0.15) is 5.69 Å². The minimum absolute atomic E-state index is 0.0847. The molecule has 0 aromatic carbocycles. The quantitative estimate of drug-likeness (QED) is 0.564. The molecule has 1 rings (SSSR count). The molecule has 0 saturated carbocycles. The number of aromatic amines is 1. The van der Waals surface area contributed by atoms with Crippen LogP contribution in [0.4, 0.5) is 13.2 Å². The fourth-order valence-corrected chi connectivity index (χ4v) is 0.642. The van der Waals surface area contributed by atoms with Gasteiger partial charge in [-0.2, -0.15) is 13.2 Å². The first kappa shape index (κ1) is 9.36. The molecular weight excluding hydrogens is 193 g/mol. The third-order valence-corrected chi connectivity index (χ3v) is 1.22. The van der Waals surface area contributed by atoms with Crippen molar-refractivity contribution >= 4 is 0 Å². The molecule has 0 unspecified atom stereocenters. The topological polar surface area (TPSA) is 75.1 Å². The van der Waals surface area contributed by atoms with Crippen molar-refractivity contribution in [1.82, 2.24) is 9.71 Å². The van der Waals surface area contributed by atoms with Crippen molar-refractivity contribution in [3.63, 3.8) is 0 Å². The van der Waals surface area contributed by atoms with Crippen molar-refractivity contribution in [2.24, 2.45) is 0 Å². The van der Waals surface area contributed by atoms with Crippen LogP contribution in [0, 0.1) is 0 Å². The number of rotatable bonds is 0. The fraction of sp³-hybridized carbons (Fsp3) is 0.200. The van der Waals surface area contributed by atoms with Gasteiger partial charge in [0, 0.05) is 6.07 Å². The Labute approximate surface area is 68.0 Å². The van der Waals surface area contributed by atoms with Gasteiger partial charge in [0.2, 0.25) is 0 Å². The molecule has 0 spiro atoms. The maximum Gasteiger partial charge on any atom is 0.431 e. The van der Waals surface area contributed by atoms with Crippen LogP contribution in [0.5, 0.6) is 0 Å². The summed E-state index contributed by atoms with van der Waals surface area (Å²) in [5.41, 5.74) is -4.45. The Kier molecular flexibility index (Phi) is 1.90. The molecule has 0 aliphatic carbocycles. The Morgan fingerprint density at radius 1 is 1.38 bits per heavy atom. The molecule has 0 radical (unpaired) electrons. The Balaban J connectivity index is 3.47. The van der Waals surface area contributed by atoms with Gasteiger partial charge in [-0.15, -0.1) is 0 Å². The number of alkyl halides is 3. The van der Waals surface area contributed by atoms with E-state index in [1.54, 1.807) is 0 Å². The molecule has 8 heteroatoms. The summed E-state index contributed by atoms with van der Waals surface area (Å²) in [6.45, 7) is 0. The van der Waals surface area contributed by atoms with Crippen LogP contribution in [0.25, 0.3) is 0 Å². The molecule has 0 saturated heterocycles. The van der Waals surface area contributed by atoms with Gasteiger partial charge in [0.25, 0.3) is 5.56 Å². The number of nitrogens with zero attached hydrogens (tertiary/aromatic N) is 1. The molecule has 72 valence electrons. The van der Waals surface area contributed by atoms with Gasteiger partial charge in [-0.1, -0.05) is 4.73 Å². The van der Waals surface area contributed by atoms with Crippen LogP contribution in [0.2, 0.25) is 0 Å². The van der Waals surface area contributed by atoms with Crippen molar-refractivity contribution < 1.29 is 18.4 Å². The van der Waals surface area contributed by atoms with Crippen molar-refractivity contribution in [1.29, 1.82) is 0 Å². The van der Waals surface area contributed by atoms with E-state index in [0.717, 1.165) is 0 Å². The first-order valence-electron chi connectivity index (χ1n) is 2.95. The molecular formula is C5H3F3N2O3. The van der Waals surface area contributed by atoms with Gasteiger partial charge >= 0.3 is 11.9 Å². The number of hydrogen-bond donors (Lipinski definition) is 2. The lowest BCUT2D eigenvalue weighted by Crippen LogP contribution is -2.35. The minimum Gasteiger partial charge on any atom is -0.421 e. The van der Waals surface area contributed by atoms with Crippen molar-refractivity contribution in [3.8, 4) is 0 Å². The molecule has 5 nitrogen and oxygen atoms in total. The summed E-state index contributed by atoms with van der Waals surface area (Å²) in [7, 11) is 0. The minimum atomic E-state index is -4.81. The van der Waals surface area contributed by atoms with E-state index in [4.69, 9.17) is 5.21 Å². The van der Waals surface area contributed by atoms with Crippen LogP contribution in [-0.2, 0) is 6.18 Å². The van der Waals surface area contributed by atoms with E-state index in [1.165, 1.54) is 4.98 Å². The monoisotopic (exact) mass is 196 g/mol. The average molecular weight is 196 g/mol. The predicted octanol–water partition coefficient (Wildman–Crippen LogP) is -0.207. The fourth-order valence-electron chi connectivity index (χ4n) is 0.642. The van der Waals surface area contributed by atoms with Gasteiger partial charge in [-0.05, 0) is 0 Å². The van der Waals surface area contributed by atoms with Gasteiger partial charge in [-0.3, -0.25) is 4.79 Å². The Morgan fingerprint density at radius 3 is 2.31 bits per heavy atom. The summed E-state index contributed by atoms with van der Waals surface area (Å²) < 4.78 is 35.2. The number of hydrogen-bond acceptors (Lipinski definition) is 3. The molecule has 13 heavy (non-hydrogen) atoms. The van der Waals surface area contributed by atoms with Gasteiger partial charge in [0.15, 0.2) is 0 Å². The normalized spacial score (nSPS) is 11.6. The Hall–Kier alpha value is -1.73. The van der Waals surface area contributed by atoms with Gasteiger partial charge in [-0.25, -0.2) is 4.79 Å². The lowest BCUT2D eigenvalue weighted by Gasteiger charge is -2.04. The molecule has 0 fully saturated rings. The van der Waals surface area contributed by atoms with E-state index in [9.17, 15) is 22.8 Å². The third kappa shape index (κ3) is 1.71.